The van der Waals surface area contributed by atoms with Crippen molar-refractivity contribution in [3.8, 4) is 0 Å². The number of carbonyl (C=O) groups excluding carboxylic acids is 1. The Bertz CT molecular complexity index is 420. The van der Waals surface area contributed by atoms with Gasteiger partial charge in [-0.15, -0.1) is 0 Å². The fourth-order valence-corrected chi connectivity index (χ4v) is 3.01. The highest BCUT2D eigenvalue weighted by Gasteiger charge is 2.28. The molecule has 0 aromatic carbocycles. The smallest absolute Gasteiger partial charge is 0.288 e. The third-order valence-corrected chi connectivity index (χ3v) is 4.02. The van der Waals surface area contributed by atoms with E-state index in [4.69, 9.17) is 4.42 Å². The first-order valence-corrected chi connectivity index (χ1v) is 7.31. The highest BCUT2D eigenvalue weighted by Crippen LogP contribution is 2.29. The van der Waals surface area contributed by atoms with Gasteiger partial charge in [0.25, 0.3) is 5.91 Å². The molecule has 1 aromatic rings. The number of hydrogen-bond donors (Lipinski definition) is 1. The van der Waals surface area contributed by atoms with Crippen LogP contribution in [0.2, 0.25) is 0 Å². The maximum Gasteiger partial charge on any atom is 0.288 e. The lowest BCUT2D eigenvalue weighted by atomic mass is 9.79. The molecule has 0 radical (unpaired) electrons. The first-order valence-electron chi connectivity index (χ1n) is 7.31. The van der Waals surface area contributed by atoms with Crippen molar-refractivity contribution in [2.45, 2.75) is 58.9 Å². The molecule has 0 saturated heterocycles. The van der Waals surface area contributed by atoms with Crippen LogP contribution in [0.25, 0.3) is 0 Å². The van der Waals surface area contributed by atoms with E-state index in [0.29, 0.717) is 23.5 Å². The third-order valence-electron chi connectivity index (χ3n) is 4.02. The van der Waals surface area contributed by atoms with Crippen molar-refractivity contribution in [2.24, 2.45) is 11.8 Å². The zero-order valence-corrected chi connectivity index (χ0v) is 12.1. The quantitative estimate of drug-likeness (QED) is 0.907. The summed E-state index contributed by atoms with van der Waals surface area (Å²) in [5, 5.41) is 3.14. The second-order valence-electron chi connectivity index (χ2n) is 5.88. The maximum absolute atomic E-state index is 12.2. The highest BCUT2D eigenvalue weighted by atomic mass is 16.4. The van der Waals surface area contributed by atoms with Crippen LogP contribution in [0.1, 0.15) is 62.4 Å². The molecule has 1 aromatic heterocycles. The van der Waals surface area contributed by atoms with Gasteiger partial charge in [0.15, 0.2) is 5.89 Å². The van der Waals surface area contributed by atoms with Crippen LogP contribution in [0.15, 0.2) is 10.6 Å². The van der Waals surface area contributed by atoms with Crippen LogP contribution in [0.4, 0.5) is 0 Å². The highest BCUT2D eigenvalue weighted by molar-refractivity contribution is 5.91. The van der Waals surface area contributed by atoms with Gasteiger partial charge in [-0.05, 0) is 24.7 Å². The lowest BCUT2D eigenvalue weighted by Crippen LogP contribution is -2.44. The van der Waals surface area contributed by atoms with Gasteiger partial charge in [-0.2, -0.15) is 0 Å². The van der Waals surface area contributed by atoms with Gasteiger partial charge in [0.1, 0.15) is 0 Å². The summed E-state index contributed by atoms with van der Waals surface area (Å²) in [5.41, 5.74) is 0. The fourth-order valence-electron chi connectivity index (χ4n) is 3.01. The van der Waals surface area contributed by atoms with E-state index in [9.17, 15) is 4.79 Å². The van der Waals surface area contributed by atoms with Crippen LogP contribution in [0.3, 0.4) is 0 Å². The van der Waals surface area contributed by atoms with Gasteiger partial charge >= 0.3 is 0 Å². The number of amides is 1. The van der Waals surface area contributed by atoms with Gasteiger partial charge in [0, 0.05) is 13.0 Å². The molecular weight excluding hydrogens is 240 g/mol. The molecule has 0 aliphatic heterocycles. The number of carbonyl (C=O) groups is 1. The van der Waals surface area contributed by atoms with Crippen LogP contribution in [0, 0.1) is 18.8 Å². The molecule has 0 spiro atoms. The molecule has 0 bridgehead atoms. The molecule has 1 amide bonds. The van der Waals surface area contributed by atoms with Crippen molar-refractivity contribution in [2.75, 3.05) is 0 Å². The number of oxazole rings is 1. The van der Waals surface area contributed by atoms with Crippen molar-refractivity contribution in [3.05, 3.63) is 17.8 Å². The number of hydrogen-bond acceptors (Lipinski definition) is 3. The fraction of sp³-hybridized carbons (Fsp3) is 0.733. The topological polar surface area (TPSA) is 55.1 Å². The Balaban J connectivity index is 2.01. The Morgan fingerprint density at radius 2 is 2.05 bits per heavy atom. The molecule has 4 nitrogen and oxygen atoms in total. The van der Waals surface area contributed by atoms with Crippen LogP contribution in [0.5, 0.6) is 0 Å². The molecule has 1 saturated carbocycles. The van der Waals surface area contributed by atoms with E-state index in [1.807, 2.05) is 0 Å². The molecule has 1 heterocycles. The van der Waals surface area contributed by atoms with E-state index in [1.54, 1.807) is 6.92 Å². The second kappa shape index (κ2) is 6.22. The lowest BCUT2D eigenvalue weighted by Gasteiger charge is -2.33. The summed E-state index contributed by atoms with van der Waals surface area (Å²) in [6.07, 6.45) is 7.84. The van der Waals surface area contributed by atoms with Crippen molar-refractivity contribution in [1.82, 2.24) is 10.3 Å². The number of nitrogens with one attached hydrogen (secondary N) is 1. The predicted molar refractivity (Wildman–Crippen MR) is 73.9 cm³/mol. The molecule has 106 valence electrons. The summed E-state index contributed by atoms with van der Waals surface area (Å²) in [7, 11) is 0. The molecule has 4 heteroatoms. The summed E-state index contributed by atoms with van der Waals surface area (Å²) in [6.45, 7) is 6.09. The van der Waals surface area contributed by atoms with Crippen molar-refractivity contribution in [3.63, 3.8) is 0 Å². The maximum atomic E-state index is 12.2. The SMILES string of the molecule is Cc1ncc(C(=O)NC(C(C)C)C2CCCCC2)o1. The van der Waals surface area contributed by atoms with Gasteiger partial charge < -0.3 is 9.73 Å². The zero-order valence-electron chi connectivity index (χ0n) is 12.1. The Hall–Kier alpha value is -1.32. The minimum atomic E-state index is -0.134. The minimum Gasteiger partial charge on any atom is -0.436 e. The van der Waals surface area contributed by atoms with E-state index < -0.39 is 0 Å². The number of nitrogens with zero attached hydrogens (tertiary/aromatic N) is 1. The Morgan fingerprint density at radius 1 is 1.37 bits per heavy atom. The normalized spacial score (nSPS) is 18.5. The summed E-state index contributed by atoms with van der Waals surface area (Å²) in [5.74, 6) is 1.76. The Morgan fingerprint density at radius 3 is 2.58 bits per heavy atom. The molecule has 1 aliphatic carbocycles. The second-order valence-corrected chi connectivity index (χ2v) is 5.88. The predicted octanol–water partition coefficient (Wildman–Crippen LogP) is 3.32. The van der Waals surface area contributed by atoms with Gasteiger partial charge in [0.2, 0.25) is 5.76 Å². The van der Waals surface area contributed by atoms with E-state index in [-0.39, 0.29) is 11.9 Å². The van der Waals surface area contributed by atoms with Crippen LogP contribution in [-0.4, -0.2) is 16.9 Å². The van der Waals surface area contributed by atoms with E-state index in [1.165, 1.54) is 38.3 Å². The molecule has 19 heavy (non-hydrogen) atoms. The molecule has 1 aliphatic rings. The monoisotopic (exact) mass is 264 g/mol. The van der Waals surface area contributed by atoms with E-state index in [0.717, 1.165) is 0 Å². The van der Waals surface area contributed by atoms with Gasteiger partial charge in [-0.25, -0.2) is 4.98 Å². The minimum absolute atomic E-state index is 0.134. The van der Waals surface area contributed by atoms with Crippen molar-refractivity contribution < 1.29 is 9.21 Å². The van der Waals surface area contributed by atoms with Gasteiger partial charge in [0.05, 0.1) is 6.20 Å². The molecule has 1 atom stereocenters. The van der Waals surface area contributed by atoms with Gasteiger partial charge in [-0.1, -0.05) is 33.1 Å². The average molecular weight is 264 g/mol. The molecular formula is C15H24N2O2. The van der Waals surface area contributed by atoms with E-state index >= 15 is 0 Å². The number of rotatable bonds is 4. The van der Waals surface area contributed by atoms with Crippen molar-refractivity contribution >= 4 is 5.91 Å². The summed E-state index contributed by atoms with van der Waals surface area (Å²) < 4.78 is 5.29. The largest absolute Gasteiger partial charge is 0.436 e. The third kappa shape index (κ3) is 3.58. The number of aromatic nitrogens is 1. The van der Waals surface area contributed by atoms with Crippen LogP contribution < -0.4 is 5.32 Å². The van der Waals surface area contributed by atoms with Crippen LogP contribution in [-0.2, 0) is 0 Å². The molecule has 1 unspecified atom stereocenters. The standard InChI is InChI=1S/C15H24N2O2/c1-10(2)14(12-7-5-4-6-8-12)17-15(18)13-9-16-11(3)19-13/h9-10,12,14H,4-8H2,1-3H3,(H,17,18). The zero-order chi connectivity index (χ0) is 13.8. The van der Waals surface area contributed by atoms with Crippen LogP contribution >= 0.6 is 0 Å². The lowest BCUT2D eigenvalue weighted by molar-refractivity contribution is 0.0861. The first kappa shape index (κ1) is 14.1. The van der Waals surface area contributed by atoms with Gasteiger partial charge in [-0.3, -0.25) is 4.79 Å². The molecule has 1 fully saturated rings. The number of aryl methyl sites for hydroxylation is 1. The Kier molecular flexibility index (Phi) is 4.61. The first-order chi connectivity index (χ1) is 9.08. The Labute approximate surface area is 115 Å². The molecule has 2 rings (SSSR count). The summed E-state index contributed by atoms with van der Waals surface area (Å²) in [4.78, 5) is 16.1. The summed E-state index contributed by atoms with van der Waals surface area (Å²) in [6, 6.07) is 0.234. The van der Waals surface area contributed by atoms with Crippen molar-refractivity contribution in [1.29, 1.82) is 0 Å². The molecule has 1 N–H and O–H groups in total. The summed E-state index contributed by atoms with van der Waals surface area (Å²) >= 11 is 0. The average Bonchev–Trinajstić information content (AvgIpc) is 2.83. The van der Waals surface area contributed by atoms with E-state index in [2.05, 4.69) is 24.1 Å².